The number of hydrogen-bond donors (Lipinski definition) is 1. The van der Waals surface area contributed by atoms with Crippen molar-refractivity contribution < 1.29 is 0 Å². The third kappa shape index (κ3) is 4.73. The van der Waals surface area contributed by atoms with Gasteiger partial charge in [0.2, 0.25) is 0 Å². The zero-order valence-corrected chi connectivity index (χ0v) is 11.5. The Balaban J connectivity index is 2.67. The fourth-order valence-electron chi connectivity index (χ4n) is 1.73. The van der Waals surface area contributed by atoms with Gasteiger partial charge in [-0.2, -0.15) is 0 Å². The van der Waals surface area contributed by atoms with Crippen LogP contribution < -0.4 is 10.2 Å². The molecule has 0 unspecified atom stereocenters. The number of rotatable bonds is 7. The molecular weight excluding hydrogens is 210 g/mol. The minimum Gasteiger partial charge on any atom is -0.359 e. The van der Waals surface area contributed by atoms with Crippen molar-refractivity contribution in [2.45, 2.75) is 33.7 Å². The Morgan fingerprint density at radius 3 is 2.82 bits per heavy atom. The van der Waals surface area contributed by atoms with Crippen LogP contribution >= 0.6 is 0 Å². The lowest BCUT2D eigenvalue weighted by atomic mass is 10.1. The predicted octanol–water partition coefficient (Wildman–Crippen LogP) is 2.67. The monoisotopic (exact) mass is 235 g/mol. The molecule has 1 rings (SSSR count). The molecule has 1 heterocycles. The maximum atomic E-state index is 4.50. The zero-order chi connectivity index (χ0) is 12.7. The molecule has 3 heteroatoms. The lowest BCUT2D eigenvalue weighted by Crippen LogP contribution is -2.24. The number of nitrogens with zero attached hydrogens (tertiary/aromatic N) is 2. The first-order valence-electron chi connectivity index (χ1n) is 6.50. The highest BCUT2D eigenvalue weighted by molar-refractivity contribution is 5.45. The Morgan fingerprint density at radius 2 is 2.18 bits per heavy atom. The van der Waals surface area contributed by atoms with Crippen LogP contribution in [0.2, 0.25) is 0 Å². The molecule has 96 valence electrons. The average Bonchev–Trinajstić information content (AvgIpc) is 2.33. The van der Waals surface area contributed by atoms with Gasteiger partial charge in [0.1, 0.15) is 5.82 Å². The first-order valence-corrected chi connectivity index (χ1v) is 6.50. The van der Waals surface area contributed by atoms with E-state index in [1.807, 2.05) is 12.3 Å². The molecule has 0 atom stereocenters. The zero-order valence-electron chi connectivity index (χ0n) is 11.5. The van der Waals surface area contributed by atoms with Crippen LogP contribution in [-0.4, -0.2) is 25.1 Å². The molecule has 0 aromatic carbocycles. The van der Waals surface area contributed by atoms with Crippen LogP contribution in [0.25, 0.3) is 0 Å². The Hall–Kier alpha value is -1.09. The van der Waals surface area contributed by atoms with Gasteiger partial charge in [-0.1, -0.05) is 26.8 Å². The van der Waals surface area contributed by atoms with Crippen LogP contribution in [0, 0.1) is 5.92 Å². The van der Waals surface area contributed by atoms with Gasteiger partial charge in [-0.05, 0) is 24.9 Å². The summed E-state index contributed by atoms with van der Waals surface area (Å²) in [6.45, 7) is 9.58. The Bertz CT molecular complexity index is 323. The molecule has 0 aliphatic rings. The van der Waals surface area contributed by atoms with Gasteiger partial charge >= 0.3 is 0 Å². The van der Waals surface area contributed by atoms with E-state index in [4.69, 9.17) is 0 Å². The maximum Gasteiger partial charge on any atom is 0.132 e. The molecule has 1 N–H and O–H groups in total. The smallest absolute Gasteiger partial charge is 0.132 e. The lowest BCUT2D eigenvalue weighted by molar-refractivity contribution is 0.582. The highest BCUT2D eigenvalue weighted by Gasteiger charge is 2.08. The van der Waals surface area contributed by atoms with Gasteiger partial charge in [0, 0.05) is 31.9 Å². The van der Waals surface area contributed by atoms with E-state index in [0.717, 1.165) is 31.4 Å². The summed E-state index contributed by atoms with van der Waals surface area (Å²) in [7, 11) is 2.13. The largest absolute Gasteiger partial charge is 0.359 e. The summed E-state index contributed by atoms with van der Waals surface area (Å²) in [5.74, 6) is 1.84. The first kappa shape index (κ1) is 14.0. The summed E-state index contributed by atoms with van der Waals surface area (Å²) in [6.07, 6.45) is 3.07. The molecular formula is C14H25N3. The van der Waals surface area contributed by atoms with Gasteiger partial charge in [0.05, 0.1) is 0 Å². The Labute approximate surface area is 105 Å². The van der Waals surface area contributed by atoms with Crippen LogP contribution in [0.1, 0.15) is 32.8 Å². The third-order valence-electron chi connectivity index (χ3n) is 2.84. The molecule has 0 saturated heterocycles. The highest BCUT2D eigenvalue weighted by atomic mass is 15.2. The maximum absolute atomic E-state index is 4.50. The van der Waals surface area contributed by atoms with Crippen LogP contribution in [0.5, 0.6) is 0 Å². The van der Waals surface area contributed by atoms with Crippen molar-refractivity contribution in [1.29, 1.82) is 0 Å². The quantitative estimate of drug-likeness (QED) is 0.787. The number of pyridine rings is 1. The molecule has 0 amide bonds. The van der Waals surface area contributed by atoms with Crippen LogP contribution in [0.4, 0.5) is 5.82 Å². The fourth-order valence-corrected chi connectivity index (χ4v) is 1.73. The second-order valence-corrected chi connectivity index (χ2v) is 4.87. The Kier molecular flexibility index (Phi) is 5.98. The number of hydrogen-bond acceptors (Lipinski definition) is 3. The SMILES string of the molecule is CCNCc1cccnc1N(C)CCC(C)C. The number of aromatic nitrogens is 1. The standard InChI is InChI=1S/C14H25N3/c1-5-15-11-13-7-6-9-16-14(13)17(4)10-8-12(2)3/h6-7,9,12,15H,5,8,10-11H2,1-4H3. The first-order chi connectivity index (χ1) is 8.15. The third-order valence-corrected chi connectivity index (χ3v) is 2.84. The minimum atomic E-state index is 0.735. The molecule has 0 aliphatic heterocycles. The summed E-state index contributed by atoms with van der Waals surface area (Å²) in [4.78, 5) is 6.75. The van der Waals surface area contributed by atoms with Crippen molar-refractivity contribution in [3.63, 3.8) is 0 Å². The average molecular weight is 235 g/mol. The molecule has 1 aromatic rings. The topological polar surface area (TPSA) is 28.2 Å². The van der Waals surface area contributed by atoms with Crippen molar-refractivity contribution in [1.82, 2.24) is 10.3 Å². The molecule has 17 heavy (non-hydrogen) atoms. The number of nitrogens with one attached hydrogen (secondary N) is 1. The molecule has 0 radical (unpaired) electrons. The minimum absolute atomic E-state index is 0.735. The summed E-state index contributed by atoms with van der Waals surface area (Å²) >= 11 is 0. The normalized spacial score (nSPS) is 10.9. The molecule has 0 spiro atoms. The van der Waals surface area contributed by atoms with Gasteiger partial charge in [-0.25, -0.2) is 4.98 Å². The van der Waals surface area contributed by atoms with Crippen LogP contribution in [0.15, 0.2) is 18.3 Å². The van der Waals surface area contributed by atoms with Crippen molar-refractivity contribution in [3.8, 4) is 0 Å². The molecule has 0 saturated carbocycles. The number of anilines is 1. The van der Waals surface area contributed by atoms with E-state index in [1.54, 1.807) is 0 Å². The Morgan fingerprint density at radius 1 is 1.41 bits per heavy atom. The van der Waals surface area contributed by atoms with E-state index >= 15 is 0 Å². The van der Waals surface area contributed by atoms with E-state index in [-0.39, 0.29) is 0 Å². The van der Waals surface area contributed by atoms with Gasteiger partial charge < -0.3 is 10.2 Å². The summed E-state index contributed by atoms with van der Waals surface area (Å²) < 4.78 is 0. The van der Waals surface area contributed by atoms with E-state index in [0.29, 0.717) is 0 Å². The van der Waals surface area contributed by atoms with Gasteiger partial charge in [-0.3, -0.25) is 0 Å². The molecule has 0 fully saturated rings. The van der Waals surface area contributed by atoms with Crippen molar-refractivity contribution in [2.75, 3.05) is 25.0 Å². The van der Waals surface area contributed by atoms with E-state index in [2.05, 4.69) is 49.1 Å². The second-order valence-electron chi connectivity index (χ2n) is 4.87. The van der Waals surface area contributed by atoms with E-state index in [1.165, 1.54) is 12.0 Å². The van der Waals surface area contributed by atoms with Crippen molar-refractivity contribution >= 4 is 5.82 Å². The van der Waals surface area contributed by atoms with E-state index < -0.39 is 0 Å². The van der Waals surface area contributed by atoms with Gasteiger partial charge in [0.25, 0.3) is 0 Å². The lowest BCUT2D eigenvalue weighted by Gasteiger charge is -2.22. The summed E-state index contributed by atoms with van der Waals surface area (Å²) in [5.41, 5.74) is 1.28. The van der Waals surface area contributed by atoms with Crippen LogP contribution in [0.3, 0.4) is 0 Å². The van der Waals surface area contributed by atoms with Crippen molar-refractivity contribution in [3.05, 3.63) is 23.9 Å². The summed E-state index contributed by atoms with van der Waals surface area (Å²) in [6, 6.07) is 4.16. The van der Waals surface area contributed by atoms with Crippen molar-refractivity contribution in [2.24, 2.45) is 5.92 Å². The predicted molar refractivity (Wildman–Crippen MR) is 74.3 cm³/mol. The van der Waals surface area contributed by atoms with Gasteiger partial charge in [-0.15, -0.1) is 0 Å². The highest BCUT2D eigenvalue weighted by Crippen LogP contribution is 2.16. The van der Waals surface area contributed by atoms with E-state index in [9.17, 15) is 0 Å². The molecule has 3 nitrogen and oxygen atoms in total. The molecule has 0 aliphatic carbocycles. The fraction of sp³-hybridized carbons (Fsp3) is 0.643. The molecule has 0 bridgehead atoms. The van der Waals surface area contributed by atoms with Gasteiger partial charge in [0.15, 0.2) is 0 Å². The van der Waals surface area contributed by atoms with Crippen LogP contribution in [-0.2, 0) is 6.54 Å². The second kappa shape index (κ2) is 7.28. The molecule has 1 aromatic heterocycles. The summed E-state index contributed by atoms with van der Waals surface area (Å²) in [5, 5.41) is 3.36.